The fraction of sp³-hybridized carbons (Fsp3) is 0.500. The zero-order valence-electron chi connectivity index (χ0n) is 13.7. The van der Waals surface area contributed by atoms with Crippen molar-refractivity contribution in [2.75, 3.05) is 32.4 Å². The van der Waals surface area contributed by atoms with Crippen LogP contribution < -0.4 is 16.0 Å². The van der Waals surface area contributed by atoms with Crippen molar-refractivity contribution in [3.63, 3.8) is 0 Å². The van der Waals surface area contributed by atoms with Gasteiger partial charge in [0.05, 0.1) is 0 Å². The largest absolute Gasteiger partial charge is 0.355 e. The van der Waals surface area contributed by atoms with Crippen molar-refractivity contribution in [1.82, 2.24) is 16.0 Å². The van der Waals surface area contributed by atoms with E-state index in [2.05, 4.69) is 36.9 Å². The van der Waals surface area contributed by atoms with Crippen molar-refractivity contribution in [1.29, 1.82) is 0 Å². The van der Waals surface area contributed by atoms with Crippen LogP contribution in [0.1, 0.15) is 23.2 Å². The summed E-state index contributed by atoms with van der Waals surface area (Å²) in [4.78, 5) is 16.2. The molecule has 3 N–H and O–H groups in total. The average molecular weight is 527 g/mol. The van der Waals surface area contributed by atoms with Crippen LogP contribution in [-0.4, -0.2) is 49.6 Å². The first-order valence-electron chi connectivity index (χ1n) is 7.79. The molecule has 0 saturated carbocycles. The van der Waals surface area contributed by atoms with E-state index in [4.69, 9.17) is 0 Å². The molecule has 24 heavy (non-hydrogen) atoms. The Morgan fingerprint density at radius 1 is 1.33 bits per heavy atom. The topological polar surface area (TPSA) is 65.5 Å². The van der Waals surface area contributed by atoms with E-state index in [1.807, 2.05) is 30.0 Å². The second-order valence-electron chi connectivity index (χ2n) is 5.28. The Bertz CT molecular complexity index is 553. The lowest BCUT2D eigenvalue weighted by atomic mass is 10.2. The summed E-state index contributed by atoms with van der Waals surface area (Å²) in [6, 6.07) is 7.36. The van der Waals surface area contributed by atoms with Gasteiger partial charge in [0.25, 0.3) is 5.91 Å². The number of aliphatic imine (C=N–C) groups is 1. The second kappa shape index (κ2) is 12.0. The van der Waals surface area contributed by atoms with E-state index >= 15 is 0 Å². The van der Waals surface area contributed by atoms with Crippen LogP contribution in [0.25, 0.3) is 0 Å². The predicted molar refractivity (Wildman–Crippen MR) is 117 cm³/mol. The maximum Gasteiger partial charge on any atom is 0.251 e. The van der Waals surface area contributed by atoms with Crippen molar-refractivity contribution in [2.45, 2.75) is 18.1 Å². The first-order chi connectivity index (χ1) is 11.2. The summed E-state index contributed by atoms with van der Waals surface area (Å²) in [5, 5.41) is 10.1. The highest BCUT2D eigenvalue weighted by Gasteiger charge is 2.15. The van der Waals surface area contributed by atoms with Crippen LogP contribution >= 0.6 is 51.7 Å². The van der Waals surface area contributed by atoms with Gasteiger partial charge in [-0.3, -0.25) is 9.79 Å². The minimum absolute atomic E-state index is 0. The van der Waals surface area contributed by atoms with E-state index in [0.717, 1.165) is 17.0 Å². The van der Waals surface area contributed by atoms with Crippen LogP contribution in [-0.2, 0) is 0 Å². The number of amides is 1. The first-order valence-corrected chi connectivity index (χ1v) is 9.63. The summed E-state index contributed by atoms with van der Waals surface area (Å²) in [6.45, 7) is 2.12. The van der Waals surface area contributed by atoms with Crippen molar-refractivity contribution < 1.29 is 4.79 Å². The van der Waals surface area contributed by atoms with Gasteiger partial charge < -0.3 is 16.0 Å². The van der Waals surface area contributed by atoms with Gasteiger partial charge in [0.15, 0.2) is 5.96 Å². The summed E-state index contributed by atoms with van der Waals surface area (Å²) < 4.78 is 0.901. The van der Waals surface area contributed by atoms with Crippen molar-refractivity contribution in [3.8, 4) is 0 Å². The minimum atomic E-state index is -0.0709. The molecule has 0 aromatic heterocycles. The Hall–Kier alpha value is -0.480. The quantitative estimate of drug-likeness (QED) is 0.231. The lowest BCUT2D eigenvalue weighted by molar-refractivity contribution is 0.0954. The number of carbonyl (C=O) groups excluding carboxylic acids is 1. The molecule has 1 aliphatic rings. The zero-order valence-corrected chi connectivity index (χ0v) is 18.4. The highest BCUT2D eigenvalue weighted by atomic mass is 127. The van der Waals surface area contributed by atoms with Crippen molar-refractivity contribution in [3.05, 3.63) is 34.3 Å². The number of nitrogens with one attached hydrogen (secondary N) is 3. The van der Waals surface area contributed by atoms with Gasteiger partial charge in [0.2, 0.25) is 0 Å². The number of nitrogens with zero attached hydrogens (tertiary/aromatic N) is 1. The maximum atomic E-state index is 12.0. The Morgan fingerprint density at radius 2 is 2.12 bits per heavy atom. The Labute approximate surface area is 173 Å². The van der Waals surface area contributed by atoms with Gasteiger partial charge >= 0.3 is 0 Å². The fourth-order valence-corrected chi connectivity index (χ4v) is 3.93. The number of rotatable bonds is 6. The van der Waals surface area contributed by atoms with E-state index in [1.54, 1.807) is 13.1 Å². The summed E-state index contributed by atoms with van der Waals surface area (Å²) in [7, 11) is 1.76. The van der Waals surface area contributed by atoms with E-state index in [9.17, 15) is 4.79 Å². The smallest absolute Gasteiger partial charge is 0.251 e. The molecule has 134 valence electrons. The molecule has 0 radical (unpaired) electrons. The van der Waals surface area contributed by atoms with Gasteiger partial charge in [0.1, 0.15) is 0 Å². The highest BCUT2D eigenvalue weighted by molar-refractivity contribution is 14.0. The molecule has 2 rings (SSSR count). The zero-order chi connectivity index (χ0) is 16.5. The van der Waals surface area contributed by atoms with Gasteiger partial charge in [-0.05, 0) is 36.8 Å². The molecule has 0 bridgehead atoms. The molecule has 1 aromatic rings. The molecule has 5 nitrogen and oxygen atoms in total. The van der Waals surface area contributed by atoms with Crippen LogP contribution in [0.3, 0.4) is 0 Å². The molecule has 1 aromatic carbocycles. The van der Waals surface area contributed by atoms with Gasteiger partial charge in [-0.2, -0.15) is 11.8 Å². The van der Waals surface area contributed by atoms with E-state index in [0.29, 0.717) is 23.9 Å². The molecule has 1 amide bonds. The monoisotopic (exact) mass is 526 g/mol. The molecule has 8 heteroatoms. The standard InChI is InChI=1S/C16H23BrN4OS.HI/c1-18-16(21-11-14-6-3-9-23-14)20-8-7-19-15(22)12-4-2-5-13(17)10-12;/h2,4-5,10,14H,3,6-9,11H2,1H3,(H,19,22)(H2,18,20,21);1H. The van der Waals surface area contributed by atoms with E-state index in [-0.39, 0.29) is 29.9 Å². The summed E-state index contributed by atoms with van der Waals surface area (Å²) in [6.07, 6.45) is 2.59. The summed E-state index contributed by atoms with van der Waals surface area (Å²) in [5.74, 6) is 1.98. The average Bonchev–Trinajstić information content (AvgIpc) is 3.07. The Kier molecular flexibility index (Phi) is 10.8. The van der Waals surface area contributed by atoms with Crippen molar-refractivity contribution in [2.24, 2.45) is 4.99 Å². The summed E-state index contributed by atoms with van der Waals surface area (Å²) >= 11 is 5.39. The lowest BCUT2D eigenvalue weighted by Crippen LogP contribution is -2.43. The van der Waals surface area contributed by atoms with Crippen LogP contribution in [0.4, 0.5) is 0 Å². The molecule has 1 saturated heterocycles. The third-order valence-corrected chi connectivity index (χ3v) is 5.43. The normalized spacial score (nSPS) is 17.1. The van der Waals surface area contributed by atoms with Crippen LogP contribution in [0, 0.1) is 0 Å². The maximum absolute atomic E-state index is 12.0. The third-order valence-electron chi connectivity index (χ3n) is 3.53. The predicted octanol–water partition coefficient (Wildman–Crippen LogP) is 2.86. The molecule has 0 aliphatic carbocycles. The van der Waals surface area contributed by atoms with E-state index in [1.165, 1.54) is 18.6 Å². The minimum Gasteiger partial charge on any atom is -0.355 e. The molecule has 1 atom stereocenters. The molecule has 1 unspecified atom stereocenters. The van der Waals surface area contributed by atoms with Crippen molar-refractivity contribution >= 4 is 63.5 Å². The van der Waals surface area contributed by atoms with Gasteiger partial charge in [-0.25, -0.2) is 0 Å². The number of carbonyl (C=O) groups is 1. The molecular weight excluding hydrogens is 503 g/mol. The number of guanidine groups is 1. The molecule has 1 fully saturated rings. The van der Waals surface area contributed by atoms with Gasteiger partial charge in [-0.1, -0.05) is 22.0 Å². The van der Waals surface area contributed by atoms with Gasteiger partial charge in [-0.15, -0.1) is 24.0 Å². The van der Waals surface area contributed by atoms with Crippen LogP contribution in [0.2, 0.25) is 0 Å². The van der Waals surface area contributed by atoms with Gasteiger partial charge in [0, 0.05) is 42.0 Å². The molecular formula is C16H24BrIN4OS. The number of hydrogen-bond donors (Lipinski definition) is 3. The second-order valence-corrected chi connectivity index (χ2v) is 7.61. The lowest BCUT2D eigenvalue weighted by Gasteiger charge is -2.15. The van der Waals surface area contributed by atoms with E-state index < -0.39 is 0 Å². The number of thioether (sulfide) groups is 1. The molecule has 1 heterocycles. The number of benzene rings is 1. The summed E-state index contributed by atoms with van der Waals surface area (Å²) in [5.41, 5.74) is 0.653. The Morgan fingerprint density at radius 3 is 2.79 bits per heavy atom. The highest BCUT2D eigenvalue weighted by Crippen LogP contribution is 2.25. The molecule has 0 spiro atoms. The van der Waals surface area contributed by atoms with Crippen LogP contribution in [0.15, 0.2) is 33.7 Å². The molecule has 1 aliphatic heterocycles. The third kappa shape index (κ3) is 7.60. The van der Waals surface area contributed by atoms with Crippen LogP contribution in [0.5, 0.6) is 0 Å². The number of hydrogen-bond acceptors (Lipinski definition) is 3. The fourth-order valence-electron chi connectivity index (χ4n) is 2.33. The Balaban J connectivity index is 0.00000288. The number of halogens is 2. The first kappa shape index (κ1) is 21.6. The SMILES string of the molecule is CN=C(NCCNC(=O)c1cccc(Br)c1)NCC1CCCS1.I.